The predicted octanol–water partition coefficient (Wildman–Crippen LogP) is 3.22. The number of benzene rings is 1. The van der Waals surface area contributed by atoms with Crippen molar-refractivity contribution in [3.8, 4) is 0 Å². The summed E-state index contributed by atoms with van der Waals surface area (Å²) in [5.41, 5.74) is 3.68. The number of ether oxygens (including phenoxy) is 1. The Labute approximate surface area is 119 Å². The molecule has 0 aliphatic carbocycles. The third-order valence-electron chi connectivity index (χ3n) is 3.46. The molecule has 0 fully saturated rings. The van der Waals surface area contributed by atoms with Crippen molar-refractivity contribution < 1.29 is 9.53 Å². The number of nitrogens with zero attached hydrogens (tertiary/aromatic N) is 1. The Balaban J connectivity index is 2.16. The fourth-order valence-corrected chi connectivity index (χ4v) is 2.26. The summed E-state index contributed by atoms with van der Waals surface area (Å²) in [6.07, 6.45) is 2.06. The summed E-state index contributed by atoms with van der Waals surface area (Å²) in [5.74, 6) is -0.303. The molecule has 0 aliphatic heterocycles. The van der Waals surface area contributed by atoms with E-state index in [0.717, 1.165) is 24.3 Å². The van der Waals surface area contributed by atoms with Gasteiger partial charge in [-0.05, 0) is 43.7 Å². The molecule has 20 heavy (non-hydrogen) atoms. The average molecular weight is 272 g/mol. The third-order valence-corrected chi connectivity index (χ3v) is 3.46. The molecule has 0 bridgehead atoms. The van der Waals surface area contributed by atoms with Crippen LogP contribution >= 0.6 is 0 Å². The van der Waals surface area contributed by atoms with Gasteiger partial charge in [0.25, 0.3) is 0 Å². The van der Waals surface area contributed by atoms with Crippen molar-refractivity contribution in [2.45, 2.75) is 26.9 Å². The molecule has 1 aromatic heterocycles. The van der Waals surface area contributed by atoms with Crippen LogP contribution in [0, 0.1) is 6.92 Å². The van der Waals surface area contributed by atoms with Crippen molar-refractivity contribution in [2.24, 2.45) is 0 Å². The van der Waals surface area contributed by atoms with Gasteiger partial charge in [-0.3, -0.25) is 0 Å². The lowest BCUT2D eigenvalue weighted by Crippen LogP contribution is -2.09. The van der Waals surface area contributed by atoms with E-state index in [4.69, 9.17) is 4.74 Å². The Bertz CT molecular complexity index is 602. The van der Waals surface area contributed by atoms with Gasteiger partial charge in [0.05, 0.1) is 19.2 Å². The van der Waals surface area contributed by atoms with Crippen molar-refractivity contribution >= 4 is 11.7 Å². The number of aryl methyl sites for hydroxylation is 1. The maximum absolute atomic E-state index is 11.7. The molecule has 0 amide bonds. The minimum atomic E-state index is -0.303. The molecule has 0 saturated carbocycles. The number of hydrogen-bond acceptors (Lipinski definition) is 3. The van der Waals surface area contributed by atoms with Crippen LogP contribution in [0.5, 0.6) is 0 Å². The molecule has 4 heteroatoms. The molecular formula is C16H20N2O2. The summed E-state index contributed by atoms with van der Waals surface area (Å²) in [6.45, 7) is 5.72. The lowest BCUT2D eigenvalue weighted by atomic mass is 10.1. The van der Waals surface area contributed by atoms with Gasteiger partial charge < -0.3 is 14.6 Å². The summed E-state index contributed by atoms with van der Waals surface area (Å²) < 4.78 is 6.98. The molecule has 2 aromatic rings. The van der Waals surface area contributed by atoms with Crippen LogP contribution in [0.25, 0.3) is 0 Å². The first-order chi connectivity index (χ1) is 9.67. The summed E-state index contributed by atoms with van der Waals surface area (Å²) in [7, 11) is 1.40. The van der Waals surface area contributed by atoms with Crippen molar-refractivity contribution in [1.82, 2.24) is 4.57 Å². The zero-order valence-corrected chi connectivity index (χ0v) is 12.1. The highest BCUT2D eigenvalue weighted by atomic mass is 16.5. The Morgan fingerprint density at radius 1 is 1.30 bits per heavy atom. The Kier molecular flexibility index (Phi) is 4.45. The van der Waals surface area contributed by atoms with Crippen molar-refractivity contribution in [2.75, 3.05) is 12.4 Å². The first-order valence-corrected chi connectivity index (χ1v) is 6.73. The molecule has 0 spiro atoms. The largest absolute Gasteiger partial charge is 0.465 e. The van der Waals surface area contributed by atoms with Gasteiger partial charge in [0.15, 0.2) is 0 Å². The van der Waals surface area contributed by atoms with Gasteiger partial charge in [0, 0.05) is 24.1 Å². The molecule has 0 unspecified atom stereocenters. The highest BCUT2D eigenvalue weighted by Crippen LogP contribution is 2.20. The van der Waals surface area contributed by atoms with Crippen LogP contribution < -0.4 is 5.32 Å². The van der Waals surface area contributed by atoms with Gasteiger partial charge in [0.2, 0.25) is 0 Å². The van der Waals surface area contributed by atoms with Crippen molar-refractivity contribution in [3.05, 3.63) is 53.3 Å². The molecule has 1 heterocycles. The van der Waals surface area contributed by atoms with Crippen LogP contribution in [0.4, 0.5) is 5.69 Å². The highest BCUT2D eigenvalue weighted by Gasteiger charge is 2.11. The van der Waals surface area contributed by atoms with Gasteiger partial charge in [-0.25, -0.2) is 4.79 Å². The molecule has 0 radical (unpaired) electrons. The van der Waals surface area contributed by atoms with E-state index in [0.29, 0.717) is 5.56 Å². The second-order valence-electron chi connectivity index (χ2n) is 4.61. The van der Waals surface area contributed by atoms with E-state index in [1.165, 1.54) is 12.8 Å². The first kappa shape index (κ1) is 14.2. The molecule has 1 aromatic carbocycles. The van der Waals surface area contributed by atoms with E-state index in [2.05, 4.69) is 29.1 Å². The minimum Gasteiger partial charge on any atom is -0.465 e. The summed E-state index contributed by atoms with van der Waals surface area (Å²) >= 11 is 0. The molecule has 4 nitrogen and oxygen atoms in total. The monoisotopic (exact) mass is 272 g/mol. The van der Waals surface area contributed by atoms with Gasteiger partial charge in [-0.2, -0.15) is 0 Å². The van der Waals surface area contributed by atoms with Gasteiger partial charge >= 0.3 is 5.97 Å². The van der Waals surface area contributed by atoms with E-state index in [-0.39, 0.29) is 5.97 Å². The van der Waals surface area contributed by atoms with E-state index < -0.39 is 0 Å². The lowest BCUT2D eigenvalue weighted by molar-refractivity contribution is 0.0600. The number of aromatic nitrogens is 1. The molecule has 0 saturated heterocycles. The maximum atomic E-state index is 11.7. The molecule has 106 valence electrons. The van der Waals surface area contributed by atoms with Gasteiger partial charge in [0.1, 0.15) is 0 Å². The fraction of sp³-hybridized carbons (Fsp3) is 0.312. The Hall–Kier alpha value is -2.23. The number of rotatable bonds is 5. The quantitative estimate of drug-likeness (QED) is 0.850. The average Bonchev–Trinajstić information content (AvgIpc) is 2.93. The highest BCUT2D eigenvalue weighted by molar-refractivity contribution is 5.92. The SMILES string of the molecule is CCn1cccc1CNc1cccc(C(=O)OC)c1C. The van der Waals surface area contributed by atoms with Crippen LogP contribution in [0.2, 0.25) is 0 Å². The zero-order valence-electron chi connectivity index (χ0n) is 12.1. The predicted molar refractivity (Wildman–Crippen MR) is 80.0 cm³/mol. The van der Waals surface area contributed by atoms with Crippen molar-refractivity contribution in [1.29, 1.82) is 0 Å². The fourth-order valence-electron chi connectivity index (χ4n) is 2.26. The number of carbonyl (C=O) groups excluding carboxylic acids is 1. The van der Waals surface area contributed by atoms with Crippen LogP contribution in [0.1, 0.15) is 28.5 Å². The minimum absolute atomic E-state index is 0.303. The Morgan fingerprint density at radius 2 is 2.10 bits per heavy atom. The molecule has 1 N–H and O–H groups in total. The van der Waals surface area contributed by atoms with Crippen LogP contribution in [-0.2, 0) is 17.8 Å². The number of carbonyl (C=O) groups is 1. The number of esters is 1. The second kappa shape index (κ2) is 6.28. The molecule has 2 rings (SSSR count). The van der Waals surface area contributed by atoms with Crippen LogP contribution in [0.3, 0.4) is 0 Å². The smallest absolute Gasteiger partial charge is 0.338 e. The standard InChI is InChI=1S/C16H20N2O2/c1-4-18-10-6-7-13(18)11-17-15-9-5-8-14(12(15)2)16(19)20-3/h5-10,17H,4,11H2,1-3H3. The number of methoxy groups -OCH3 is 1. The number of anilines is 1. The summed E-state index contributed by atoms with van der Waals surface area (Å²) in [4.78, 5) is 11.7. The van der Waals surface area contributed by atoms with Crippen LogP contribution in [-0.4, -0.2) is 17.6 Å². The number of nitrogens with one attached hydrogen (secondary N) is 1. The van der Waals surface area contributed by atoms with E-state index in [1.54, 1.807) is 6.07 Å². The summed E-state index contributed by atoms with van der Waals surface area (Å²) in [6, 6.07) is 9.75. The van der Waals surface area contributed by atoms with Gasteiger partial charge in [-0.1, -0.05) is 6.07 Å². The van der Waals surface area contributed by atoms with E-state index >= 15 is 0 Å². The molecular weight excluding hydrogens is 252 g/mol. The molecule has 0 aliphatic rings. The van der Waals surface area contributed by atoms with E-state index in [9.17, 15) is 4.79 Å². The molecule has 0 atom stereocenters. The second-order valence-corrected chi connectivity index (χ2v) is 4.61. The first-order valence-electron chi connectivity index (χ1n) is 6.73. The summed E-state index contributed by atoms with van der Waals surface area (Å²) in [5, 5.41) is 3.38. The van der Waals surface area contributed by atoms with E-state index in [1.807, 2.05) is 25.1 Å². The van der Waals surface area contributed by atoms with Crippen LogP contribution in [0.15, 0.2) is 36.5 Å². The Morgan fingerprint density at radius 3 is 2.80 bits per heavy atom. The third kappa shape index (κ3) is 2.85. The maximum Gasteiger partial charge on any atom is 0.338 e. The van der Waals surface area contributed by atoms with Crippen molar-refractivity contribution in [3.63, 3.8) is 0 Å². The zero-order chi connectivity index (χ0) is 14.5. The van der Waals surface area contributed by atoms with Gasteiger partial charge in [-0.15, -0.1) is 0 Å². The number of hydrogen-bond donors (Lipinski definition) is 1. The normalized spacial score (nSPS) is 10.3. The topological polar surface area (TPSA) is 43.3 Å². The lowest BCUT2D eigenvalue weighted by Gasteiger charge is -2.13.